The summed E-state index contributed by atoms with van der Waals surface area (Å²) in [4.78, 5) is 0. The van der Waals surface area contributed by atoms with Gasteiger partial charge in [0.2, 0.25) is 0 Å². The summed E-state index contributed by atoms with van der Waals surface area (Å²) in [6.45, 7) is 6.75. The number of hydrogen-bond acceptors (Lipinski definition) is 1. The van der Waals surface area contributed by atoms with Crippen molar-refractivity contribution >= 4 is 21.9 Å². The third kappa shape index (κ3) is 2.24. The molecule has 0 spiro atoms. The van der Waals surface area contributed by atoms with Crippen LogP contribution in [-0.4, -0.2) is 0 Å². The zero-order valence-electron chi connectivity index (χ0n) is 13.8. The predicted molar refractivity (Wildman–Crippen MR) is 97.9 cm³/mol. The van der Waals surface area contributed by atoms with Crippen molar-refractivity contribution in [3.8, 4) is 11.1 Å². The van der Waals surface area contributed by atoms with Crippen molar-refractivity contribution < 1.29 is 4.42 Å². The van der Waals surface area contributed by atoms with Gasteiger partial charge in [0.05, 0.1) is 0 Å². The molecule has 0 aliphatic carbocycles. The SMILES string of the molecule is CC(C)(C)c1cccc2oc3c(-c4ccccc4)cccc3c12. The standard InChI is InChI=1S/C22H20O/c1-22(2,3)18-13-8-14-19-20(18)17-12-7-11-16(21(17)23-19)15-9-5-4-6-10-15/h4-14H,1-3H3. The molecule has 4 rings (SSSR count). The van der Waals surface area contributed by atoms with Crippen LogP contribution in [0.3, 0.4) is 0 Å². The molecule has 0 bridgehead atoms. The van der Waals surface area contributed by atoms with E-state index in [0.717, 1.165) is 16.7 Å². The van der Waals surface area contributed by atoms with Crippen LogP contribution in [0.4, 0.5) is 0 Å². The monoisotopic (exact) mass is 300 g/mol. The Bertz CT molecular complexity index is 985. The van der Waals surface area contributed by atoms with Crippen molar-refractivity contribution in [2.24, 2.45) is 0 Å². The van der Waals surface area contributed by atoms with Crippen molar-refractivity contribution in [2.75, 3.05) is 0 Å². The van der Waals surface area contributed by atoms with Gasteiger partial charge in [0.25, 0.3) is 0 Å². The molecule has 1 nitrogen and oxygen atoms in total. The lowest BCUT2D eigenvalue weighted by Gasteiger charge is -2.19. The maximum absolute atomic E-state index is 6.27. The van der Waals surface area contributed by atoms with E-state index in [0.29, 0.717) is 0 Å². The molecule has 0 saturated carbocycles. The Labute approximate surface area is 136 Å². The van der Waals surface area contributed by atoms with E-state index in [2.05, 4.69) is 81.4 Å². The zero-order valence-corrected chi connectivity index (χ0v) is 13.8. The van der Waals surface area contributed by atoms with Crippen LogP contribution in [-0.2, 0) is 5.41 Å². The first-order chi connectivity index (χ1) is 11.1. The summed E-state index contributed by atoms with van der Waals surface area (Å²) < 4.78 is 6.27. The highest BCUT2D eigenvalue weighted by molar-refractivity contribution is 6.11. The number of furan rings is 1. The summed E-state index contributed by atoms with van der Waals surface area (Å²) in [5.74, 6) is 0. The van der Waals surface area contributed by atoms with Gasteiger partial charge >= 0.3 is 0 Å². The van der Waals surface area contributed by atoms with Crippen LogP contribution in [0, 0.1) is 0 Å². The smallest absolute Gasteiger partial charge is 0.143 e. The van der Waals surface area contributed by atoms with Crippen LogP contribution in [0.5, 0.6) is 0 Å². The van der Waals surface area contributed by atoms with E-state index in [4.69, 9.17) is 4.42 Å². The highest BCUT2D eigenvalue weighted by Crippen LogP contribution is 2.40. The van der Waals surface area contributed by atoms with E-state index in [1.165, 1.54) is 21.9 Å². The number of hydrogen-bond donors (Lipinski definition) is 0. The average Bonchev–Trinajstić information content (AvgIpc) is 2.93. The molecule has 0 aliphatic rings. The van der Waals surface area contributed by atoms with Crippen LogP contribution in [0.1, 0.15) is 26.3 Å². The normalized spacial score (nSPS) is 12.1. The first-order valence-corrected chi connectivity index (χ1v) is 8.06. The van der Waals surface area contributed by atoms with Crippen LogP contribution in [0.2, 0.25) is 0 Å². The van der Waals surface area contributed by atoms with Gasteiger partial charge < -0.3 is 4.42 Å². The number of para-hydroxylation sites is 1. The molecule has 23 heavy (non-hydrogen) atoms. The lowest BCUT2D eigenvalue weighted by molar-refractivity contribution is 0.594. The third-order valence-corrected chi connectivity index (χ3v) is 4.42. The Morgan fingerprint density at radius 3 is 2.22 bits per heavy atom. The van der Waals surface area contributed by atoms with Gasteiger partial charge in [-0.3, -0.25) is 0 Å². The molecule has 4 aromatic rings. The minimum absolute atomic E-state index is 0.0824. The lowest BCUT2D eigenvalue weighted by atomic mass is 9.84. The molecule has 0 unspecified atom stereocenters. The Balaban J connectivity index is 2.12. The molecule has 0 amide bonds. The highest BCUT2D eigenvalue weighted by atomic mass is 16.3. The number of rotatable bonds is 1. The van der Waals surface area contributed by atoms with Crippen molar-refractivity contribution in [3.63, 3.8) is 0 Å². The average molecular weight is 300 g/mol. The fourth-order valence-corrected chi connectivity index (χ4v) is 3.32. The van der Waals surface area contributed by atoms with Crippen LogP contribution < -0.4 is 0 Å². The van der Waals surface area contributed by atoms with Crippen molar-refractivity contribution in [3.05, 3.63) is 72.3 Å². The first-order valence-electron chi connectivity index (χ1n) is 8.06. The molecule has 1 aromatic heterocycles. The minimum atomic E-state index is 0.0824. The third-order valence-electron chi connectivity index (χ3n) is 4.42. The fourth-order valence-electron chi connectivity index (χ4n) is 3.32. The Morgan fingerprint density at radius 1 is 0.739 bits per heavy atom. The summed E-state index contributed by atoms with van der Waals surface area (Å²) in [6.07, 6.45) is 0. The summed E-state index contributed by atoms with van der Waals surface area (Å²) >= 11 is 0. The lowest BCUT2D eigenvalue weighted by Crippen LogP contribution is -2.11. The van der Waals surface area contributed by atoms with Crippen molar-refractivity contribution in [1.29, 1.82) is 0 Å². The Kier molecular flexibility index (Phi) is 3.05. The summed E-state index contributed by atoms with van der Waals surface area (Å²) in [5, 5.41) is 2.44. The molecule has 0 atom stereocenters. The largest absolute Gasteiger partial charge is 0.455 e. The zero-order chi connectivity index (χ0) is 16.0. The van der Waals surface area contributed by atoms with Crippen LogP contribution >= 0.6 is 0 Å². The Hall–Kier alpha value is -2.54. The van der Waals surface area contributed by atoms with Gasteiger partial charge in [0, 0.05) is 16.3 Å². The Morgan fingerprint density at radius 2 is 1.48 bits per heavy atom. The van der Waals surface area contributed by atoms with Gasteiger partial charge in [-0.25, -0.2) is 0 Å². The van der Waals surface area contributed by atoms with Gasteiger partial charge in [-0.2, -0.15) is 0 Å². The molecule has 0 N–H and O–H groups in total. The van der Waals surface area contributed by atoms with Crippen molar-refractivity contribution in [1.82, 2.24) is 0 Å². The molecular weight excluding hydrogens is 280 g/mol. The van der Waals surface area contributed by atoms with E-state index in [-0.39, 0.29) is 5.41 Å². The van der Waals surface area contributed by atoms with E-state index >= 15 is 0 Å². The van der Waals surface area contributed by atoms with E-state index in [1.54, 1.807) is 0 Å². The van der Waals surface area contributed by atoms with Gasteiger partial charge in [0.15, 0.2) is 0 Å². The van der Waals surface area contributed by atoms with Gasteiger partial charge in [-0.05, 0) is 22.6 Å². The number of fused-ring (bicyclic) bond motifs is 3. The minimum Gasteiger partial charge on any atom is -0.455 e. The fraction of sp³-hybridized carbons (Fsp3) is 0.182. The highest BCUT2D eigenvalue weighted by Gasteiger charge is 2.21. The van der Waals surface area contributed by atoms with Gasteiger partial charge in [0.1, 0.15) is 11.2 Å². The summed E-state index contributed by atoms with van der Waals surface area (Å²) in [5.41, 5.74) is 5.70. The van der Waals surface area contributed by atoms with Crippen LogP contribution in [0.25, 0.3) is 33.1 Å². The van der Waals surface area contributed by atoms with Crippen LogP contribution in [0.15, 0.2) is 71.1 Å². The predicted octanol–water partition coefficient (Wildman–Crippen LogP) is 6.55. The van der Waals surface area contributed by atoms with Crippen molar-refractivity contribution in [2.45, 2.75) is 26.2 Å². The summed E-state index contributed by atoms with van der Waals surface area (Å²) in [7, 11) is 0. The van der Waals surface area contributed by atoms with Gasteiger partial charge in [-0.15, -0.1) is 0 Å². The van der Waals surface area contributed by atoms with E-state index < -0.39 is 0 Å². The molecule has 114 valence electrons. The maximum Gasteiger partial charge on any atom is 0.143 e. The quantitative estimate of drug-likeness (QED) is 0.388. The molecular formula is C22H20O. The molecule has 1 heterocycles. The van der Waals surface area contributed by atoms with E-state index in [9.17, 15) is 0 Å². The summed E-state index contributed by atoms with van der Waals surface area (Å²) in [6, 6.07) is 23.2. The molecule has 0 saturated heterocycles. The molecule has 0 radical (unpaired) electrons. The molecule has 3 aromatic carbocycles. The number of benzene rings is 3. The second kappa shape index (κ2) is 4.99. The second-order valence-electron chi connectivity index (χ2n) is 7.08. The first kappa shape index (κ1) is 14.1. The molecule has 1 heteroatoms. The second-order valence-corrected chi connectivity index (χ2v) is 7.08. The van der Waals surface area contributed by atoms with Gasteiger partial charge in [-0.1, -0.05) is 81.4 Å². The topological polar surface area (TPSA) is 13.1 Å². The molecule has 0 aliphatic heterocycles. The maximum atomic E-state index is 6.27. The molecule has 0 fully saturated rings. The van der Waals surface area contributed by atoms with E-state index in [1.807, 2.05) is 6.07 Å².